The summed E-state index contributed by atoms with van der Waals surface area (Å²) in [4.78, 5) is 17.5. The van der Waals surface area contributed by atoms with Crippen molar-refractivity contribution in [1.29, 1.82) is 0 Å². The van der Waals surface area contributed by atoms with E-state index in [-0.39, 0.29) is 11.9 Å². The molecular weight excluding hydrogens is 324 g/mol. The van der Waals surface area contributed by atoms with E-state index in [0.717, 1.165) is 34.8 Å². The lowest BCUT2D eigenvalue weighted by Crippen LogP contribution is -2.55. The average Bonchev–Trinajstić information content (AvgIpc) is 2.95. The van der Waals surface area contributed by atoms with Crippen molar-refractivity contribution in [3.8, 4) is 0 Å². The highest BCUT2D eigenvalue weighted by atomic mass is 16.1. The fourth-order valence-corrected chi connectivity index (χ4v) is 6.52. The summed E-state index contributed by atoms with van der Waals surface area (Å²) in [5.74, 6) is 2.68. The zero-order valence-electron chi connectivity index (χ0n) is 16.0. The fourth-order valence-electron chi connectivity index (χ4n) is 6.52. The molecule has 5 heteroatoms. The number of rotatable bonds is 3. The van der Waals surface area contributed by atoms with Crippen molar-refractivity contribution < 1.29 is 4.79 Å². The highest BCUT2D eigenvalue weighted by Crippen LogP contribution is 2.61. The smallest absolute Gasteiger partial charge is 0.254 e. The van der Waals surface area contributed by atoms with Gasteiger partial charge in [-0.2, -0.15) is 5.10 Å². The van der Waals surface area contributed by atoms with E-state index in [1.807, 2.05) is 19.9 Å². The molecular formula is C21H28N4O. The number of hydrogen-bond acceptors (Lipinski definition) is 3. The number of fused-ring (bicyclic) bond motifs is 1. The van der Waals surface area contributed by atoms with Crippen LogP contribution in [0.4, 0.5) is 0 Å². The van der Waals surface area contributed by atoms with Gasteiger partial charge in [-0.1, -0.05) is 0 Å². The van der Waals surface area contributed by atoms with Crippen LogP contribution in [0.2, 0.25) is 0 Å². The van der Waals surface area contributed by atoms with E-state index in [4.69, 9.17) is 0 Å². The van der Waals surface area contributed by atoms with Gasteiger partial charge in [0.2, 0.25) is 0 Å². The number of nitrogens with zero attached hydrogens (tertiary/aromatic N) is 3. The summed E-state index contributed by atoms with van der Waals surface area (Å²) in [7, 11) is 0. The van der Waals surface area contributed by atoms with Gasteiger partial charge >= 0.3 is 0 Å². The molecule has 0 saturated heterocycles. The van der Waals surface area contributed by atoms with Crippen molar-refractivity contribution in [2.45, 2.75) is 65.3 Å². The number of hydrogen-bond donors (Lipinski definition) is 1. The molecule has 6 rings (SSSR count). The summed E-state index contributed by atoms with van der Waals surface area (Å²) < 4.78 is 1.78. The Balaban J connectivity index is 1.39. The lowest BCUT2D eigenvalue weighted by atomic mass is 9.48. The Labute approximate surface area is 154 Å². The summed E-state index contributed by atoms with van der Waals surface area (Å²) in [5, 5.41) is 7.81. The predicted molar refractivity (Wildman–Crippen MR) is 100.0 cm³/mol. The van der Waals surface area contributed by atoms with Gasteiger partial charge in [0.15, 0.2) is 5.65 Å². The Kier molecular flexibility index (Phi) is 3.47. The standard InChI is InChI=1S/C21H28N4O/c1-12-4-19-22-11-18(13(2)25(19)24-12)20(26)23-14(3)21-8-15-5-16(9-21)7-17(6-15)10-21/h4,11,14-17H,5-10H2,1-3H3,(H,23,26)/t14-,15?,16?,17?,21?/m0/s1. The molecule has 4 fully saturated rings. The second-order valence-electron chi connectivity index (χ2n) is 9.29. The Hall–Kier alpha value is -1.91. The molecule has 5 nitrogen and oxygen atoms in total. The Bertz CT molecular complexity index is 848. The minimum absolute atomic E-state index is 0.00621. The van der Waals surface area contributed by atoms with E-state index in [1.165, 1.54) is 38.5 Å². The van der Waals surface area contributed by atoms with Crippen LogP contribution in [0, 0.1) is 37.0 Å². The Morgan fingerprint density at radius 1 is 1.19 bits per heavy atom. The predicted octanol–water partition coefficient (Wildman–Crippen LogP) is 3.68. The van der Waals surface area contributed by atoms with E-state index in [0.29, 0.717) is 11.0 Å². The molecule has 0 aliphatic heterocycles. The zero-order valence-corrected chi connectivity index (χ0v) is 16.0. The SMILES string of the molecule is Cc1cc2ncc(C(=O)N[C@@H](C)C34CC5CC(CC(C5)C3)C4)c(C)n2n1. The van der Waals surface area contributed by atoms with Crippen LogP contribution in [0.5, 0.6) is 0 Å². The maximum Gasteiger partial charge on any atom is 0.254 e. The Morgan fingerprint density at radius 3 is 2.42 bits per heavy atom. The molecule has 2 heterocycles. The van der Waals surface area contributed by atoms with E-state index in [1.54, 1.807) is 10.7 Å². The topological polar surface area (TPSA) is 59.3 Å². The van der Waals surface area contributed by atoms with E-state index < -0.39 is 0 Å². The molecule has 2 aromatic rings. The van der Waals surface area contributed by atoms with Gasteiger partial charge in [0.1, 0.15) is 0 Å². The summed E-state index contributed by atoms with van der Waals surface area (Å²) in [6, 6.07) is 2.16. The van der Waals surface area contributed by atoms with Crippen LogP contribution in [0.25, 0.3) is 5.65 Å². The van der Waals surface area contributed by atoms with E-state index >= 15 is 0 Å². The van der Waals surface area contributed by atoms with Crippen molar-refractivity contribution in [3.63, 3.8) is 0 Å². The normalized spacial score (nSPS) is 33.6. The number of amides is 1. The summed E-state index contributed by atoms with van der Waals surface area (Å²) >= 11 is 0. The van der Waals surface area contributed by atoms with Crippen molar-refractivity contribution in [3.05, 3.63) is 29.2 Å². The van der Waals surface area contributed by atoms with Gasteiger partial charge in [-0.05, 0) is 82.5 Å². The third-order valence-corrected chi connectivity index (χ3v) is 7.44. The van der Waals surface area contributed by atoms with Crippen molar-refractivity contribution >= 4 is 11.6 Å². The molecule has 4 saturated carbocycles. The second kappa shape index (κ2) is 5.54. The molecule has 1 atom stereocenters. The monoisotopic (exact) mass is 352 g/mol. The zero-order chi connectivity index (χ0) is 18.1. The molecule has 26 heavy (non-hydrogen) atoms. The van der Waals surface area contributed by atoms with Crippen LogP contribution < -0.4 is 5.32 Å². The van der Waals surface area contributed by atoms with Gasteiger partial charge in [0.25, 0.3) is 5.91 Å². The molecule has 1 amide bonds. The highest BCUT2D eigenvalue weighted by molar-refractivity contribution is 5.95. The van der Waals surface area contributed by atoms with Crippen LogP contribution in [-0.2, 0) is 0 Å². The van der Waals surface area contributed by atoms with Crippen molar-refractivity contribution in [2.75, 3.05) is 0 Å². The molecule has 0 unspecified atom stereocenters. The first-order valence-corrected chi connectivity index (χ1v) is 10.1. The van der Waals surface area contributed by atoms with Crippen molar-refractivity contribution in [2.24, 2.45) is 23.2 Å². The third kappa shape index (κ3) is 2.39. The maximum atomic E-state index is 13.0. The van der Waals surface area contributed by atoms with Gasteiger partial charge in [-0.3, -0.25) is 4.79 Å². The summed E-state index contributed by atoms with van der Waals surface area (Å²) in [5.41, 5.74) is 3.53. The van der Waals surface area contributed by atoms with Crippen LogP contribution in [0.3, 0.4) is 0 Å². The van der Waals surface area contributed by atoms with Gasteiger partial charge in [0, 0.05) is 18.3 Å². The first-order valence-electron chi connectivity index (χ1n) is 10.1. The first-order chi connectivity index (χ1) is 12.4. The number of carbonyl (C=O) groups is 1. The van der Waals surface area contributed by atoms with Crippen molar-refractivity contribution in [1.82, 2.24) is 19.9 Å². The number of aryl methyl sites for hydroxylation is 2. The number of nitrogens with one attached hydrogen (secondary N) is 1. The minimum Gasteiger partial charge on any atom is -0.349 e. The fraction of sp³-hybridized carbons (Fsp3) is 0.667. The Morgan fingerprint density at radius 2 is 1.81 bits per heavy atom. The number of aromatic nitrogens is 3. The minimum atomic E-state index is -0.00621. The first kappa shape index (κ1) is 16.3. The molecule has 0 radical (unpaired) electrons. The van der Waals surface area contributed by atoms with Crippen LogP contribution >= 0.6 is 0 Å². The molecule has 4 aliphatic carbocycles. The largest absolute Gasteiger partial charge is 0.349 e. The van der Waals surface area contributed by atoms with E-state index in [9.17, 15) is 4.79 Å². The molecule has 0 spiro atoms. The van der Waals surface area contributed by atoms with Gasteiger partial charge < -0.3 is 5.32 Å². The molecule has 2 aromatic heterocycles. The number of carbonyl (C=O) groups excluding carboxylic acids is 1. The molecule has 1 N–H and O–H groups in total. The van der Waals surface area contributed by atoms with Gasteiger partial charge in [-0.25, -0.2) is 9.50 Å². The molecule has 138 valence electrons. The molecule has 4 aliphatic rings. The summed E-state index contributed by atoms with van der Waals surface area (Å²) in [6.45, 7) is 6.12. The van der Waals surface area contributed by atoms with Gasteiger partial charge in [0.05, 0.1) is 17.0 Å². The maximum absolute atomic E-state index is 13.0. The highest BCUT2D eigenvalue weighted by Gasteiger charge is 2.53. The lowest BCUT2D eigenvalue weighted by Gasteiger charge is -2.59. The molecule has 4 bridgehead atoms. The summed E-state index contributed by atoms with van der Waals surface area (Å²) in [6.07, 6.45) is 9.89. The van der Waals surface area contributed by atoms with Gasteiger partial charge in [-0.15, -0.1) is 0 Å². The van der Waals surface area contributed by atoms with Crippen LogP contribution in [0.1, 0.15) is 67.2 Å². The third-order valence-electron chi connectivity index (χ3n) is 7.44. The van der Waals surface area contributed by atoms with E-state index in [2.05, 4.69) is 22.3 Å². The molecule has 0 aromatic carbocycles. The second-order valence-corrected chi connectivity index (χ2v) is 9.29. The quantitative estimate of drug-likeness (QED) is 0.917. The van der Waals surface area contributed by atoms with Crippen LogP contribution in [0.15, 0.2) is 12.3 Å². The average molecular weight is 352 g/mol. The lowest BCUT2D eigenvalue weighted by molar-refractivity contribution is -0.0688. The van der Waals surface area contributed by atoms with Crippen LogP contribution in [-0.4, -0.2) is 26.5 Å².